The Morgan fingerprint density at radius 3 is 2.26 bits per heavy atom. The highest BCUT2D eigenvalue weighted by Gasteiger charge is 2.25. The van der Waals surface area contributed by atoms with Crippen molar-refractivity contribution in [1.82, 2.24) is 5.32 Å². The van der Waals surface area contributed by atoms with Crippen molar-refractivity contribution >= 4 is 29.6 Å². The molecule has 0 radical (unpaired) electrons. The third kappa shape index (κ3) is 5.38. The van der Waals surface area contributed by atoms with Gasteiger partial charge >= 0.3 is 5.97 Å². The molecular formula is C22H20FNO3. The van der Waals surface area contributed by atoms with Gasteiger partial charge in [-0.1, -0.05) is 36.4 Å². The predicted octanol–water partition coefficient (Wildman–Crippen LogP) is 3.83. The number of methoxy groups -OCH3 is 1. The molecule has 1 N–H and O–H groups in total. The molecule has 1 amide bonds. The quantitative estimate of drug-likeness (QED) is 0.481. The van der Waals surface area contributed by atoms with Crippen LogP contribution in [0.15, 0.2) is 54.6 Å². The zero-order valence-electron chi connectivity index (χ0n) is 14.9. The van der Waals surface area contributed by atoms with E-state index in [0.717, 1.165) is 24.0 Å². The molecule has 1 aliphatic rings. The van der Waals surface area contributed by atoms with Gasteiger partial charge in [-0.05, 0) is 53.8 Å². The lowest BCUT2D eigenvalue weighted by Gasteiger charge is -2.09. The lowest BCUT2D eigenvalue weighted by Crippen LogP contribution is -2.26. The first-order chi connectivity index (χ1) is 13.0. The summed E-state index contributed by atoms with van der Waals surface area (Å²) in [7, 11) is 1.32. The molecular weight excluding hydrogens is 345 g/mol. The highest BCUT2D eigenvalue weighted by molar-refractivity contribution is 6.24. The molecule has 0 saturated heterocycles. The van der Waals surface area contributed by atoms with Gasteiger partial charge in [-0.25, -0.2) is 9.18 Å². The van der Waals surface area contributed by atoms with E-state index >= 15 is 0 Å². The van der Waals surface area contributed by atoms with Crippen molar-refractivity contribution in [1.29, 1.82) is 0 Å². The monoisotopic (exact) mass is 365 g/mol. The van der Waals surface area contributed by atoms with Crippen molar-refractivity contribution in [3.05, 3.63) is 77.1 Å². The van der Waals surface area contributed by atoms with E-state index in [-0.39, 0.29) is 17.8 Å². The topological polar surface area (TPSA) is 55.4 Å². The first kappa shape index (κ1) is 18.6. The molecule has 2 aromatic rings. The Kier molecular flexibility index (Phi) is 5.81. The van der Waals surface area contributed by atoms with Gasteiger partial charge in [-0.3, -0.25) is 4.79 Å². The summed E-state index contributed by atoms with van der Waals surface area (Å²) in [5, 5.41) is 2.97. The number of ether oxygens (including phenoxy) is 1. The van der Waals surface area contributed by atoms with Crippen LogP contribution in [-0.2, 0) is 14.3 Å². The summed E-state index contributed by atoms with van der Waals surface area (Å²) in [5.74, 6) is -0.935. The molecule has 138 valence electrons. The Balaban J connectivity index is 1.85. The van der Waals surface area contributed by atoms with Gasteiger partial charge in [0.2, 0.25) is 0 Å². The summed E-state index contributed by atoms with van der Waals surface area (Å²) in [6.45, 7) is 0. The number of halogens is 1. The summed E-state index contributed by atoms with van der Waals surface area (Å²) in [5.41, 5.74) is 2.81. The van der Waals surface area contributed by atoms with Gasteiger partial charge in [0, 0.05) is 17.7 Å². The molecule has 3 rings (SSSR count). The van der Waals surface area contributed by atoms with E-state index in [2.05, 4.69) is 10.1 Å². The van der Waals surface area contributed by atoms with Crippen LogP contribution in [0.5, 0.6) is 0 Å². The van der Waals surface area contributed by atoms with Crippen molar-refractivity contribution in [3.8, 4) is 0 Å². The molecule has 1 aliphatic carbocycles. The third-order valence-electron chi connectivity index (χ3n) is 4.17. The number of hydrogen-bond donors (Lipinski definition) is 1. The van der Waals surface area contributed by atoms with Crippen LogP contribution in [0.3, 0.4) is 0 Å². The Labute approximate surface area is 157 Å². The number of rotatable bonds is 6. The second-order valence-electron chi connectivity index (χ2n) is 6.34. The largest absolute Gasteiger partial charge is 0.466 e. The minimum Gasteiger partial charge on any atom is -0.466 e. The number of amides is 1. The Hall–Kier alpha value is -3.21. The fraction of sp³-hybridized carbons (Fsp3) is 0.182. The van der Waals surface area contributed by atoms with Gasteiger partial charge in [0.05, 0.1) is 7.11 Å². The Morgan fingerprint density at radius 2 is 1.67 bits per heavy atom. The first-order valence-corrected chi connectivity index (χ1v) is 8.70. The van der Waals surface area contributed by atoms with E-state index < -0.39 is 5.97 Å². The average Bonchev–Trinajstić information content (AvgIpc) is 3.50. The number of nitrogens with one attached hydrogen (secondary N) is 1. The first-order valence-electron chi connectivity index (χ1n) is 8.70. The van der Waals surface area contributed by atoms with E-state index in [1.165, 1.54) is 25.3 Å². The predicted molar refractivity (Wildman–Crippen MR) is 103 cm³/mol. The molecule has 0 bridgehead atoms. The van der Waals surface area contributed by atoms with Crippen LogP contribution in [0.1, 0.15) is 29.5 Å². The Morgan fingerprint density at radius 1 is 1.04 bits per heavy atom. The summed E-state index contributed by atoms with van der Waals surface area (Å²) in [6.07, 6.45) is 6.75. The normalized spacial score (nSPS) is 14.2. The van der Waals surface area contributed by atoms with E-state index in [4.69, 9.17) is 0 Å². The van der Waals surface area contributed by atoms with Gasteiger partial charge in [-0.15, -0.1) is 0 Å². The Bertz CT molecular complexity index is 879. The molecule has 0 heterocycles. The summed E-state index contributed by atoms with van der Waals surface area (Å²) in [4.78, 5) is 23.8. The number of esters is 1. The van der Waals surface area contributed by atoms with Crippen LogP contribution in [0.25, 0.3) is 17.7 Å². The third-order valence-corrected chi connectivity index (χ3v) is 4.17. The minimum atomic E-state index is -0.422. The molecule has 0 spiro atoms. The molecule has 0 unspecified atom stereocenters. The standard InChI is InChI=1S/C22H20FNO3/c1-27-21(25)13-6-15-2-4-16(5-3-15)14-20(22(26)24-19-11-12-19)17-7-9-18(23)10-8-17/h2-10,13-14,19H,11-12H2,1H3,(H,24,26). The lowest BCUT2D eigenvalue weighted by molar-refractivity contribution is -0.134. The molecule has 0 atom stereocenters. The van der Waals surface area contributed by atoms with Crippen molar-refractivity contribution in [3.63, 3.8) is 0 Å². The molecule has 4 nitrogen and oxygen atoms in total. The smallest absolute Gasteiger partial charge is 0.330 e. The molecule has 2 aromatic carbocycles. The minimum absolute atomic E-state index is 0.168. The zero-order chi connectivity index (χ0) is 19.2. The van der Waals surface area contributed by atoms with Gasteiger partial charge < -0.3 is 10.1 Å². The van der Waals surface area contributed by atoms with Gasteiger partial charge in [0.15, 0.2) is 0 Å². The number of hydrogen-bond acceptors (Lipinski definition) is 3. The maximum absolute atomic E-state index is 13.2. The van der Waals surface area contributed by atoms with Crippen LogP contribution in [0, 0.1) is 5.82 Å². The van der Waals surface area contributed by atoms with E-state index in [1.807, 2.05) is 24.3 Å². The van der Waals surface area contributed by atoms with Crippen LogP contribution in [-0.4, -0.2) is 25.0 Å². The van der Waals surface area contributed by atoms with Gasteiger partial charge in [0.1, 0.15) is 5.82 Å². The fourth-order valence-corrected chi connectivity index (χ4v) is 2.50. The molecule has 0 aliphatic heterocycles. The zero-order valence-corrected chi connectivity index (χ0v) is 14.9. The molecule has 1 saturated carbocycles. The average molecular weight is 365 g/mol. The number of carbonyl (C=O) groups is 2. The molecule has 0 aromatic heterocycles. The second kappa shape index (κ2) is 8.45. The van der Waals surface area contributed by atoms with Crippen LogP contribution >= 0.6 is 0 Å². The molecule has 1 fully saturated rings. The maximum atomic E-state index is 13.2. The van der Waals surface area contributed by atoms with Crippen LogP contribution in [0.2, 0.25) is 0 Å². The van der Waals surface area contributed by atoms with Crippen molar-refractivity contribution in [2.24, 2.45) is 0 Å². The van der Waals surface area contributed by atoms with Crippen LogP contribution < -0.4 is 5.32 Å². The summed E-state index contributed by atoms with van der Waals surface area (Å²) < 4.78 is 17.8. The van der Waals surface area contributed by atoms with Crippen molar-refractivity contribution < 1.29 is 18.7 Å². The summed E-state index contributed by atoms with van der Waals surface area (Å²) >= 11 is 0. The SMILES string of the molecule is COC(=O)C=Cc1ccc(C=C(C(=O)NC2CC2)c2ccc(F)cc2)cc1. The number of carbonyl (C=O) groups excluding carboxylic acids is 2. The second-order valence-corrected chi connectivity index (χ2v) is 6.34. The molecule has 5 heteroatoms. The van der Waals surface area contributed by atoms with Crippen molar-refractivity contribution in [2.45, 2.75) is 18.9 Å². The maximum Gasteiger partial charge on any atom is 0.330 e. The number of benzene rings is 2. The fourth-order valence-electron chi connectivity index (χ4n) is 2.50. The van der Waals surface area contributed by atoms with Gasteiger partial charge in [-0.2, -0.15) is 0 Å². The van der Waals surface area contributed by atoms with E-state index in [9.17, 15) is 14.0 Å². The van der Waals surface area contributed by atoms with Crippen LogP contribution in [0.4, 0.5) is 4.39 Å². The molecule has 27 heavy (non-hydrogen) atoms. The van der Waals surface area contributed by atoms with Gasteiger partial charge in [0.25, 0.3) is 5.91 Å². The lowest BCUT2D eigenvalue weighted by atomic mass is 10.0. The van der Waals surface area contributed by atoms with E-state index in [0.29, 0.717) is 11.1 Å². The highest BCUT2D eigenvalue weighted by atomic mass is 19.1. The summed E-state index contributed by atoms with van der Waals surface area (Å²) in [6, 6.07) is 13.5. The van der Waals surface area contributed by atoms with Crippen molar-refractivity contribution in [2.75, 3.05) is 7.11 Å². The highest BCUT2D eigenvalue weighted by Crippen LogP contribution is 2.24. The van der Waals surface area contributed by atoms with E-state index in [1.54, 1.807) is 24.3 Å².